The summed E-state index contributed by atoms with van der Waals surface area (Å²) in [5.41, 5.74) is -0.940. The highest BCUT2D eigenvalue weighted by molar-refractivity contribution is 7.57. The van der Waals surface area contributed by atoms with Crippen molar-refractivity contribution in [2.24, 2.45) is 5.92 Å². The van der Waals surface area contributed by atoms with Gasteiger partial charge in [0.2, 0.25) is 13.2 Å². The van der Waals surface area contributed by atoms with E-state index in [1.54, 1.807) is 0 Å². The van der Waals surface area contributed by atoms with Crippen LogP contribution in [0.2, 0.25) is 0 Å². The molecule has 0 bridgehead atoms. The van der Waals surface area contributed by atoms with Crippen LogP contribution in [0.4, 0.5) is 22.0 Å². The average molecular weight is 480 g/mol. The number of carbonyl (C=O) groups excluding carboxylic acids is 2. The quantitative estimate of drug-likeness (QED) is 0.202. The van der Waals surface area contributed by atoms with E-state index in [0.29, 0.717) is 5.56 Å². The Balaban J connectivity index is 2.33. The molecule has 0 aromatic heterocycles. The zero-order chi connectivity index (χ0) is 24.2. The van der Waals surface area contributed by atoms with Crippen molar-refractivity contribution < 1.29 is 50.5 Å². The summed E-state index contributed by atoms with van der Waals surface area (Å²) in [4.78, 5) is 34.0. The second-order valence-electron chi connectivity index (χ2n) is 6.85. The van der Waals surface area contributed by atoms with Crippen molar-refractivity contribution in [2.45, 2.75) is 12.6 Å². The number of carbonyl (C=O) groups is 2. The molecule has 0 fully saturated rings. The highest BCUT2D eigenvalue weighted by Gasteiger charge is 2.34. The molecular weight excluding hydrogens is 462 g/mol. The van der Waals surface area contributed by atoms with Crippen molar-refractivity contribution in [2.75, 3.05) is 20.4 Å². The zero-order valence-corrected chi connectivity index (χ0v) is 17.7. The Bertz CT molecular complexity index is 1060. The van der Waals surface area contributed by atoms with Gasteiger partial charge in [-0.25, -0.2) is 26.7 Å². The molecule has 174 valence electrons. The van der Waals surface area contributed by atoms with Gasteiger partial charge in [-0.15, -0.1) is 0 Å². The standard InChI is InChI=1S/C20H18F5O6P/c1-30-19(26)11-5-3-4-10(6-11)7-12(20(27)31-2)8-32(28,29)9-13-14(21)16(23)18(25)17(24)15(13)22/h3-6,12H,7-9H2,1-2H3,(H,28,29). The summed E-state index contributed by atoms with van der Waals surface area (Å²) < 4.78 is 89.6. The van der Waals surface area contributed by atoms with Gasteiger partial charge in [-0.05, 0) is 24.1 Å². The number of rotatable bonds is 8. The van der Waals surface area contributed by atoms with Gasteiger partial charge in [0.05, 0.1) is 31.9 Å². The zero-order valence-electron chi connectivity index (χ0n) is 16.8. The minimum Gasteiger partial charge on any atom is -0.469 e. The van der Waals surface area contributed by atoms with Crippen molar-refractivity contribution in [3.63, 3.8) is 0 Å². The van der Waals surface area contributed by atoms with Crippen molar-refractivity contribution in [3.8, 4) is 0 Å². The molecule has 6 nitrogen and oxygen atoms in total. The Morgan fingerprint density at radius 1 is 0.969 bits per heavy atom. The fourth-order valence-corrected chi connectivity index (χ4v) is 4.93. The lowest BCUT2D eigenvalue weighted by Crippen LogP contribution is -2.23. The molecule has 0 aliphatic rings. The van der Waals surface area contributed by atoms with Crippen molar-refractivity contribution in [3.05, 3.63) is 70.0 Å². The predicted octanol–water partition coefficient (Wildman–Crippen LogP) is 3.97. The number of hydrogen-bond donors (Lipinski definition) is 1. The molecule has 0 aliphatic carbocycles. The van der Waals surface area contributed by atoms with Crippen LogP contribution in [0.25, 0.3) is 0 Å². The van der Waals surface area contributed by atoms with Gasteiger partial charge in [0.1, 0.15) is 0 Å². The first kappa shape index (κ1) is 25.5. The van der Waals surface area contributed by atoms with Gasteiger partial charge >= 0.3 is 11.9 Å². The van der Waals surface area contributed by atoms with Crippen LogP contribution in [-0.2, 0) is 31.4 Å². The van der Waals surface area contributed by atoms with E-state index >= 15 is 0 Å². The number of halogens is 5. The van der Waals surface area contributed by atoms with Gasteiger partial charge in [0.15, 0.2) is 23.3 Å². The first-order valence-electron chi connectivity index (χ1n) is 8.98. The average Bonchev–Trinajstić information content (AvgIpc) is 2.77. The van der Waals surface area contributed by atoms with E-state index in [0.717, 1.165) is 14.2 Å². The second-order valence-corrected chi connectivity index (χ2v) is 9.23. The molecule has 2 atom stereocenters. The van der Waals surface area contributed by atoms with Crippen molar-refractivity contribution >= 4 is 19.3 Å². The van der Waals surface area contributed by atoms with Crippen molar-refractivity contribution in [1.29, 1.82) is 0 Å². The molecule has 2 aromatic rings. The van der Waals surface area contributed by atoms with Gasteiger partial charge in [-0.2, -0.15) is 0 Å². The maximum absolute atomic E-state index is 13.9. The number of esters is 2. The highest BCUT2D eigenvalue weighted by Crippen LogP contribution is 2.48. The van der Waals surface area contributed by atoms with Crippen LogP contribution in [0, 0.1) is 35.0 Å². The largest absolute Gasteiger partial charge is 0.469 e. The van der Waals surface area contributed by atoms with Gasteiger partial charge in [0, 0.05) is 11.7 Å². The third-order valence-electron chi connectivity index (χ3n) is 4.58. The van der Waals surface area contributed by atoms with E-state index < -0.39 is 72.2 Å². The molecule has 0 heterocycles. The molecule has 0 radical (unpaired) electrons. The Morgan fingerprint density at radius 3 is 2.06 bits per heavy atom. The summed E-state index contributed by atoms with van der Waals surface area (Å²) in [5.74, 6) is -14.3. The topological polar surface area (TPSA) is 89.9 Å². The first-order chi connectivity index (χ1) is 14.9. The summed E-state index contributed by atoms with van der Waals surface area (Å²) in [6, 6.07) is 5.79. The molecule has 0 saturated carbocycles. The van der Waals surface area contributed by atoms with Crippen LogP contribution in [0.3, 0.4) is 0 Å². The SMILES string of the molecule is COC(=O)c1cccc(CC(CP(=O)(O)Cc2c(F)c(F)c(F)c(F)c2F)C(=O)OC)c1. The Morgan fingerprint density at radius 2 is 1.53 bits per heavy atom. The Kier molecular flexibility index (Phi) is 8.14. The minimum atomic E-state index is -4.65. The van der Waals surface area contributed by atoms with E-state index in [2.05, 4.69) is 9.47 Å². The molecule has 2 unspecified atom stereocenters. The van der Waals surface area contributed by atoms with Gasteiger partial charge < -0.3 is 14.4 Å². The van der Waals surface area contributed by atoms with Crippen LogP contribution in [0.15, 0.2) is 24.3 Å². The molecule has 2 rings (SSSR count). The highest BCUT2D eigenvalue weighted by atomic mass is 31.2. The number of benzene rings is 2. The van der Waals surface area contributed by atoms with Gasteiger partial charge in [-0.1, -0.05) is 12.1 Å². The van der Waals surface area contributed by atoms with E-state index in [1.807, 2.05) is 0 Å². The fraction of sp³-hybridized carbons (Fsp3) is 0.300. The number of methoxy groups -OCH3 is 2. The maximum atomic E-state index is 13.9. The van der Waals surface area contributed by atoms with E-state index in [9.17, 15) is 41.0 Å². The predicted molar refractivity (Wildman–Crippen MR) is 102 cm³/mol. The Hall–Kier alpha value is -2.78. The lowest BCUT2D eigenvalue weighted by molar-refractivity contribution is -0.144. The van der Waals surface area contributed by atoms with Crippen LogP contribution in [0.5, 0.6) is 0 Å². The summed E-state index contributed by atoms with van der Waals surface area (Å²) in [7, 11) is -2.48. The molecule has 0 amide bonds. The van der Waals surface area contributed by atoms with Crippen LogP contribution in [-0.4, -0.2) is 37.2 Å². The second kappa shape index (κ2) is 10.2. The lowest BCUT2D eigenvalue weighted by Gasteiger charge is -2.20. The van der Waals surface area contributed by atoms with E-state index in [4.69, 9.17) is 0 Å². The van der Waals surface area contributed by atoms with Gasteiger partial charge in [-0.3, -0.25) is 9.36 Å². The molecule has 0 saturated heterocycles. The minimum absolute atomic E-state index is 0.141. The van der Waals surface area contributed by atoms with Crippen LogP contribution < -0.4 is 0 Å². The Labute approximate surface area is 179 Å². The third-order valence-corrected chi connectivity index (χ3v) is 6.40. The monoisotopic (exact) mass is 480 g/mol. The summed E-state index contributed by atoms with van der Waals surface area (Å²) in [5, 5.41) is 0. The molecular formula is C20H18F5O6P. The summed E-state index contributed by atoms with van der Waals surface area (Å²) in [6.45, 7) is 0. The molecule has 0 aliphatic heterocycles. The van der Waals surface area contributed by atoms with Crippen LogP contribution >= 0.6 is 7.37 Å². The molecule has 32 heavy (non-hydrogen) atoms. The maximum Gasteiger partial charge on any atom is 0.337 e. The van der Waals surface area contributed by atoms with Crippen LogP contribution in [0.1, 0.15) is 21.5 Å². The molecule has 1 N–H and O–H groups in total. The first-order valence-corrected chi connectivity index (χ1v) is 11.0. The number of ether oxygens (including phenoxy) is 2. The third kappa shape index (κ3) is 5.72. The van der Waals surface area contributed by atoms with Crippen molar-refractivity contribution in [1.82, 2.24) is 0 Å². The van der Waals surface area contributed by atoms with E-state index in [1.165, 1.54) is 24.3 Å². The van der Waals surface area contributed by atoms with E-state index in [-0.39, 0.29) is 12.0 Å². The fourth-order valence-electron chi connectivity index (χ4n) is 3.06. The summed E-state index contributed by atoms with van der Waals surface area (Å²) in [6.07, 6.45) is -2.48. The normalized spacial score (nSPS) is 13.9. The molecule has 2 aromatic carbocycles. The lowest BCUT2D eigenvalue weighted by atomic mass is 9.99. The number of hydrogen-bond acceptors (Lipinski definition) is 5. The smallest absolute Gasteiger partial charge is 0.337 e. The molecule has 12 heteroatoms. The molecule has 0 spiro atoms. The summed E-state index contributed by atoms with van der Waals surface area (Å²) >= 11 is 0. The van der Waals surface area contributed by atoms with Gasteiger partial charge in [0.25, 0.3) is 0 Å².